The van der Waals surface area contributed by atoms with Gasteiger partial charge in [-0.1, -0.05) is 47.6 Å². The van der Waals surface area contributed by atoms with E-state index >= 15 is 0 Å². The summed E-state index contributed by atoms with van der Waals surface area (Å²) in [5.41, 5.74) is 4.57. The third-order valence-electron chi connectivity index (χ3n) is 3.66. The van der Waals surface area contributed by atoms with Crippen molar-refractivity contribution >= 4 is 10.9 Å². The molecule has 2 aromatic rings. The molecule has 18 heavy (non-hydrogen) atoms. The molecule has 0 radical (unpaired) electrons. The highest BCUT2D eigenvalue weighted by atomic mass is 14.9. The lowest BCUT2D eigenvalue weighted by Crippen LogP contribution is -2.12. The smallest absolute Gasteiger partial charge is 0.0480 e. The zero-order valence-electron chi connectivity index (χ0n) is 12.8. The van der Waals surface area contributed by atoms with Gasteiger partial charge < -0.3 is 4.57 Å². The number of rotatable bonds is 0. The molecule has 0 fully saturated rings. The van der Waals surface area contributed by atoms with Crippen LogP contribution in [0.25, 0.3) is 10.9 Å². The van der Waals surface area contributed by atoms with Crippen molar-refractivity contribution in [2.75, 3.05) is 0 Å². The van der Waals surface area contributed by atoms with Crippen LogP contribution < -0.4 is 0 Å². The van der Waals surface area contributed by atoms with E-state index in [1.54, 1.807) is 0 Å². The lowest BCUT2D eigenvalue weighted by Gasteiger charge is -2.21. The Kier molecular flexibility index (Phi) is 2.84. The van der Waals surface area contributed by atoms with Gasteiger partial charge in [-0.3, -0.25) is 0 Å². The molecule has 2 rings (SSSR count). The minimum Gasteiger partial charge on any atom is -0.350 e. The van der Waals surface area contributed by atoms with Gasteiger partial charge in [-0.25, -0.2) is 0 Å². The quantitative estimate of drug-likeness (QED) is 0.628. The first-order valence-electron chi connectivity index (χ1n) is 6.71. The van der Waals surface area contributed by atoms with Gasteiger partial charge in [-0.2, -0.15) is 0 Å². The first-order chi connectivity index (χ1) is 8.10. The Labute approximate surface area is 111 Å². The van der Waals surface area contributed by atoms with Crippen LogP contribution >= 0.6 is 0 Å². The molecular weight excluding hydrogens is 218 g/mol. The summed E-state index contributed by atoms with van der Waals surface area (Å²) in [5.74, 6) is 0. The summed E-state index contributed by atoms with van der Waals surface area (Å²) in [6.45, 7) is 13.7. The number of hydrogen-bond acceptors (Lipinski definition) is 0. The first-order valence-corrected chi connectivity index (χ1v) is 6.71. The third-order valence-corrected chi connectivity index (χ3v) is 3.66. The normalized spacial score (nSPS) is 13.3. The number of nitrogens with zero attached hydrogens (tertiary/aromatic N) is 1. The Hall–Kier alpha value is -1.24. The minimum absolute atomic E-state index is 0.190. The number of aromatic nitrogens is 1. The van der Waals surface area contributed by atoms with Gasteiger partial charge in [0.15, 0.2) is 0 Å². The topological polar surface area (TPSA) is 4.93 Å². The molecular formula is C17H25N. The molecule has 1 heteroatoms. The van der Waals surface area contributed by atoms with E-state index in [0.717, 1.165) is 0 Å². The Morgan fingerprint density at radius 3 is 2.00 bits per heavy atom. The van der Waals surface area contributed by atoms with Crippen molar-refractivity contribution in [2.45, 2.75) is 52.4 Å². The molecule has 1 heterocycles. The minimum atomic E-state index is 0.190. The van der Waals surface area contributed by atoms with Gasteiger partial charge in [-0.05, 0) is 34.1 Å². The summed E-state index contributed by atoms with van der Waals surface area (Å²) in [5, 5.41) is 1.40. The number of fused-ring (bicyclic) bond motifs is 1. The summed E-state index contributed by atoms with van der Waals surface area (Å²) >= 11 is 0. The zero-order chi connectivity index (χ0) is 13.7. The molecule has 0 bridgehead atoms. The second-order valence-electron chi connectivity index (χ2n) is 7.39. The van der Waals surface area contributed by atoms with E-state index < -0.39 is 0 Å². The van der Waals surface area contributed by atoms with Crippen molar-refractivity contribution in [1.29, 1.82) is 0 Å². The van der Waals surface area contributed by atoms with Gasteiger partial charge in [0.2, 0.25) is 0 Å². The van der Waals surface area contributed by atoms with Crippen LogP contribution in [-0.4, -0.2) is 4.57 Å². The van der Waals surface area contributed by atoms with Crippen LogP contribution in [0.5, 0.6) is 0 Å². The lowest BCUT2D eigenvalue weighted by molar-refractivity contribution is 0.587. The maximum Gasteiger partial charge on any atom is 0.0480 e. The van der Waals surface area contributed by atoms with Gasteiger partial charge >= 0.3 is 0 Å². The molecule has 0 unspecified atom stereocenters. The molecule has 0 aliphatic heterocycles. The van der Waals surface area contributed by atoms with E-state index in [-0.39, 0.29) is 10.8 Å². The Bertz CT molecular complexity index is 574. The van der Waals surface area contributed by atoms with E-state index in [4.69, 9.17) is 0 Å². The van der Waals surface area contributed by atoms with E-state index in [1.807, 2.05) is 0 Å². The first kappa shape index (κ1) is 13.2. The van der Waals surface area contributed by atoms with Crippen LogP contribution in [0.4, 0.5) is 0 Å². The van der Waals surface area contributed by atoms with Crippen LogP contribution in [0.15, 0.2) is 24.4 Å². The van der Waals surface area contributed by atoms with Crippen molar-refractivity contribution in [3.63, 3.8) is 0 Å². The maximum atomic E-state index is 2.37. The van der Waals surface area contributed by atoms with Crippen molar-refractivity contribution < 1.29 is 0 Å². The maximum absolute atomic E-state index is 2.37. The number of aryl methyl sites for hydroxylation is 1. The third kappa shape index (κ3) is 2.19. The zero-order valence-corrected chi connectivity index (χ0v) is 12.8. The lowest BCUT2D eigenvalue weighted by atomic mass is 9.83. The molecule has 0 atom stereocenters. The van der Waals surface area contributed by atoms with Crippen molar-refractivity contribution in [2.24, 2.45) is 7.05 Å². The predicted octanol–water partition coefficient (Wildman–Crippen LogP) is 4.77. The largest absolute Gasteiger partial charge is 0.350 e. The Balaban J connectivity index is 2.75. The highest BCUT2D eigenvalue weighted by molar-refractivity contribution is 5.86. The van der Waals surface area contributed by atoms with E-state index in [0.29, 0.717) is 0 Å². The summed E-state index contributed by atoms with van der Waals surface area (Å²) in [6, 6.07) is 6.88. The molecule has 0 N–H and O–H groups in total. The van der Waals surface area contributed by atoms with E-state index in [2.05, 4.69) is 77.6 Å². The van der Waals surface area contributed by atoms with E-state index in [9.17, 15) is 0 Å². The Morgan fingerprint density at radius 2 is 1.50 bits per heavy atom. The Morgan fingerprint density at radius 1 is 0.889 bits per heavy atom. The van der Waals surface area contributed by atoms with Gasteiger partial charge in [0.25, 0.3) is 0 Å². The van der Waals surface area contributed by atoms with Crippen LogP contribution in [0.1, 0.15) is 52.7 Å². The van der Waals surface area contributed by atoms with Crippen molar-refractivity contribution in [1.82, 2.24) is 4.57 Å². The van der Waals surface area contributed by atoms with Gasteiger partial charge in [0, 0.05) is 24.1 Å². The monoisotopic (exact) mass is 243 g/mol. The second kappa shape index (κ2) is 3.88. The highest BCUT2D eigenvalue weighted by Crippen LogP contribution is 2.34. The SMILES string of the molecule is Cn1cc(C(C)(C)C)c2cc(C(C)(C)C)ccc21. The fourth-order valence-electron chi connectivity index (χ4n) is 2.46. The molecule has 0 saturated heterocycles. The van der Waals surface area contributed by atoms with Crippen LogP contribution in [0.2, 0.25) is 0 Å². The average molecular weight is 243 g/mol. The number of benzene rings is 1. The van der Waals surface area contributed by atoms with Gasteiger partial charge in [-0.15, -0.1) is 0 Å². The second-order valence-corrected chi connectivity index (χ2v) is 7.39. The van der Waals surface area contributed by atoms with Gasteiger partial charge in [0.05, 0.1) is 0 Å². The van der Waals surface area contributed by atoms with Crippen molar-refractivity contribution in [3.05, 3.63) is 35.5 Å². The molecule has 1 aromatic heterocycles. The summed E-state index contributed by atoms with van der Waals surface area (Å²) in [7, 11) is 2.13. The number of hydrogen-bond donors (Lipinski definition) is 0. The molecule has 0 saturated carbocycles. The summed E-state index contributed by atoms with van der Waals surface area (Å²) < 4.78 is 2.24. The molecule has 1 nitrogen and oxygen atoms in total. The molecule has 0 amide bonds. The van der Waals surface area contributed by atoms with Crippen LogP contribution in [0.3, 0.4) is 0 Å². The van der Waals surface area contributed by atoms with Crippen LogP contribution in [0, 0.1) is 0 Å². The van der Waals surface area contributed by atoms with Gasteiger partial charge in [0.1, 0.15) is 0 Å². The average Bonchev–Trinajstić information content (AvgIpc) is 2.54. The summed E-state index contributed by atoms with van der Waals surface area (Å²) in [6.07, 6.45) is 2.27. The molecule has 0 aliphatic rings. The fraction of sp³-hybridized carbons (Fsp3) is 0.529. The fourth-order valence-corrected chi connectivity index (χ4v) is 2.46. The molecule has 98 valence electrons. The van der Waals surface area contributed by atoms with Crippen LogP contribution in [-0.2, 0) is 17.9 Å². The summed E-state index contributed by atoms with van der Waals surface area (Å²) in [4.78, 5) is 0. The molecule has 1 aromatic carbocycles. The van der Waals surface area contributed by atoms with E-state index in [1.165, 1.54) is 22.0 Å². The predicted molar refractivity (Wildman–Crippen MR) is 80.3 cm³/mol. The standard InChI is InChI=1S/C17H25N/c1-16(2,3)12-8-9-15-13(10-12)14(11-18(15)7)17(4,5)6/h8-11H,1-7H3. The molecule has 0 aliphatic carbocycles. The highest BCUT2D eigenvalue weighted by Gasteiger charge is 2.21. The molecule has 0 spiro atoms. The van der Waals surface area contributed by atoms with Crippen molar-refractivity contribution in [3.8, 4) is 0 Å².